The lowest BCUT2D eigenvalue weighted by Gasteiger charge is -2.24. The third-order valence-corrected chi connectivity index (χ3v) is 3.60. The first kappa shape index (κ1) is 18.0. The van der Waals surface area contributed by atoms with Crippen molar-refractivity contribution in [2.45, 2.75) is 72.9 Å². The van der Waals surface area contributed by atoms with E-state index < -0.39 is 0 Å². The summed E-state index contributed by atoms with van der Waals surface area (Å²) in [5.41, 5.74) is 2.45. The average Bonchev–Trinajstić information content (AvgIpc) is 2.44. The maximum Gasteiger partial charge on any atom is 0.129 e. The van der Waals surface area contributed by atoms with Gasteiger partial charge >= 0.3 is 0 Å². The third kappa shape index (κ3) is 6.94. The fourth-order valence-electron chi connectivity index (χ4n) is 2.35. The lowest BCUT2D eigenvalue weighted by molar-refractivity contribution is 0.587. The molecule has 0 fully saturated rings. The normalized spacial score (nSPS) is 11.1. The van der Waals surface area contributed by atoms with E-state index in [0.717, 1.165) is 31.1 Å². The molecule has 0 amide bonds. The van der Waals surface area contributed by atoms with Crippen LogP contribution in [-0.2, 0) is 6.54 Å². The van der Waals surface area contributed by atoms with Crippen LogP contribution in [0.3, 0.4) is 0 Å². The molecule has 21 heavy (non-hydrogen) atoms. The van der Waals surface area contributed by atoms with E-state index >= 15 is 0 Å². The predicted molar refractivity (Wildman–Crippen MR) is 93.0 cm³/mol. The summed E-state index contributed by atoms with van der Waals surface area (Å²) in [6, 6.07) is 4.96. The molecule has 0 unspecified atom stereocenters. The molecule has 0 saturated carbocycles. The molecule has 3 heteroatoms. The predicted octanol–water partition coefficient (Wildman–Crippen LogP) is 4.29. The summed E-state index contributed by atoms with van der Waals surface area (Å²) in [6.07, 6.45) is 4.93. The Balaban J connectivity index is 2.84. The quantitative estimate of drug-likeness (QED) is 0.697. The van der Waals surface area contributed by atoms with E-state index in [0.29, 0.717) is 6.04 Å². The summed E-state index contributed by atoms with van der Waals surface area (Å²) in [4.78, 5) is 7.22. The van der Waals surface area contributed by atoms with Crippen LogP contribution in [0.5, 0.6) is 0 Å². The van der Waals surface area contributed by atoms with Gasteiger partial charge in [-0.15, -0.1) is 0 Å². The largest absolute Gasteiger partial charge is 0.357 e. The highest BCUT2D eigenvalue weighted by molar-refractivity contribution is 5.42. The van der Waals surface area contributed by atoms with Gasteiger partial charge in [-0.05, 0) is 37.5 Å². The topological polar surface area (TPSA) is 28.2 Å². The first-order valence-electron chi connectivity index (χ1n) is 8.52. The van der Waals surface area contributed by atoms with Gasteiger partial charge in [-0.2, -0.15) is 0 Å². The first-order chi connectivity index (χ1) is 10.1. The van der Waals surface area contributed by atoms with Crippen LogP contribution in [0.15, 0.2) is 12.1 Å². The first-order valence-corrected chi connectivity index (χ1v) is 8.52. The van der Waals surface area contributed by atoms with Crippen molar-refractivity contribution in [3.05, 3.63) is 23.4 Å². The van der Waals surface area contributed by atoms with Gasteiger partial charge in [-0.1, -0.05) is 40.5 Å². The Morgan fingerprint density at radius 3 is 2.24 bits per heavy atom. The minimum atomic E-state index is 0.512. The molecule has 1 rings (SSSR count). The van der Waals surface area contributed by atoms with E-state index in [2.05, 4.69) is 57.0 Å². The van der Waals surface area contributed by atoms with Crippen LogP contribution in [0.25, 0.3) is 0 Å². The van der Waals surface area contributed by atoms with Crippen LogP contribution in [0.2, 0.25) is 0 Å². The summed E-state index contributed by atoms with van der Waals surface area (Å²) < 4.78 is 0. The number of hydrogen-bond donors (Lipinski definition) is 1. The Bertz CT molecular complexity index is 393. The molecule has 0 bridgehead atoms. The molecule has 0 spiro atoms. The minimum absolute atomic E-state index is 0.512. The summed E-state index contributed by atoms with van der Waals surface area (Å²) in [5.74, 6) is 1.15. The molecule has 0 aliphatic heterocycles. The Morgan fingerprint density at radius 2 is 1.71 bits per heavy atom. The number of unbranched alkanes of at least 4 members (excludes halogenated alkanes) is 2. The van der Waals surface area contributed by atoms with Gasteiger partial charge in [0.05, 0.1) is 0 Å². The van der Waals surface area contributed by atoms with Gasteiger partial charge in [0.25, 0.3) is 0 Å². The number of anilines is 1. The second-order valence-electron chi connectivity index (χ2n) is 6.20. The molecule has 3 nitrogen and oxygen atoms in total. The smallest absolute Gasteiger partial charge is 0.129 e. The fourth-order valence-corrected chi connectivity index (χ4v) is 2.35. The highest BCUT2D eigenvalue weighted by atomic mass is 15.2. The van der Waals surface area contributed by atoms with Gasteiger partial charge < -0.3 is 10.2 Å². The Kier molecular flexibility index (Phi) is 8.36. The molecular weight excluding hydrogens is 258 g/mol. The van der Waals surface area contributed by atoms with Gasteiger partial charge in [-0.3, -0.25) is 0 Å². The van der Waals surface area contributed by atoms with Gasteiger partial charge in [0.2, 0.25) is 0 Å². The number of nitrogens with zero attached hydrogens (tertiary/aromatic N) is 2. The van der Waals surface area contributed by atoms with Crippen LogP contribution < -0.4 is 10.2 Å². The van der Waals surface area contributed by atoms with Crippen molar-refractivity contribution in [3.63, 3.8) is 0 Å². The molecule has 0 aromatic carbocycles. The average molecular weight is 291 g/mol. The van der Waals surface area contributed by atoms with E-state index in [1.165, 1.54) is 31.2 Å². The van der Waals surface area contributed by atoms with E-state index in [1.54, 1.807) is 0 Å². The van der Waals surface area contributed by atoms with Gasteiger partial charge in [0.15, 0.2) is 0 Å². The maximum absolute atomic E-state index is 4.77. The molecule has 0 aliphatic carbocycles. The summed E-state index contributed by atoms with van der Waals surface area (Å²) in [5, 5.41) is 3.50. The molecule has 0 radical (unpaired) electrons. The molecule has 1 heterocycles. The number of hydrogen-bond acceptors (Lipinski definition) is 3. The van der Waals surface area contributed by atoms with Crippen LogP contribution in [-0.4, -0.2) is 24.1 Å². The highest BCUT2D eigenvalue weighted by Crippen LogP contribution is 2.17. The van der Waals surface area contributed by atoms with Crippen LogP contribution in [0.4, 0.5) is 5.82 Å². The summed E-state index contributed by atoms with van der Waals surface area (Å²) in [7, 11) is 0. The lowest BCUT2D eigenvalue weighted by atomic mass is 10.2. The molecule has 1 aromatic rings. The molecule has 0 aliphatic rings. The van der Waals surface area contributed by atoms with E-state index in [-0.39, 0.29) is 0 Å². The Morgan fingerprint density at radius 1 is 1.10 bits per heavy atom. The molecule has 1 aromatic heterocycles. The highest BCUT2D eigenvalue weighted by Gasteiger charge is 2.09. The van der Waals surface area contributed by atoms with Crippen molar-refractivity contribution in [1.29, 1.82) is 0 Å². The van der Waals surface area contributed by atoms with Crippen molar-refractivity contribution >= 4 is 5.82 Å². The zero-order valence-electron chi connectivity index (χ0n) is 14.6. The monoisotopic (exact) mass is 291 g/mol. The van der Waals surface area contributed by atoms with E-state index in [9.17, 15) is 0 Å². The van der Waals surface area contributed by atoms with Crippen LogP contribution in [0.1, 0.15) is 64.6 Å². The summed E-state index contributed by atoms with van der Waals surface area (Å²) in [6.45, 7) is 14.1. The maximum atomic E-state index is 4.77. The second-order valence-corrected chi connectivity index (χ2v) is 6.20. The molecule has 120 valence electrons. The van der Waals surface area contributed by atoms with Crippen molar-refractivity contribution in [3.8, 4) is 0 Å². The Hall–Kier alpha value is -1.09. The van der Waals surface area contributed by atoms with Crippen molar-refractivity contribution < 1.29 is 0 Å². The van der Waals surface area contributed by atoms with Crippen LogP contribution >= 0.6 is 0 Å². The number of aromatic nitrogens is 1. The van der Waals surface area contributed by atoms with Gasteiger partial charge in [0.1, 0.15) is 5.82 Å². The summed E-state index contributed by atoms with van der Waals surface area (Å²) >= 11 is 0. The van der Waals surface area contributed by atoms with Crippen molar-refractivity contribution in [1.82, 2.24) is 10.3 Å². The second kappa shape index (κ2) is 9.78. The molecular formula is C18H33N3. The van der Waals surface area contributed by atoms with Crippen LogP contribution in [0, 0.1) is 6.92 Å². The molecule has 0 atom stereocenters. The van der Waals surface area contributed by atoms with Gasteiger partial charge in [0, 0.05) is 31.4 Å². The van der Waals surface area contributed by atoms with Gasteiger partial charge in [-0.25, -0.2) is 4.98 Å². The number of aryl methyl sites for hydroxylation is 1. The van der Waals surface area contributed by atoms with Crippen molar-refractivity contribution in [2.75, 3.05) is 18.0 Å². The standard InChI is InChI=1S/C18H33N3/c1-6-8-10-21(11-9-7-2)18-13-17(12-16(5)20-18)14-19-15(3)4/h12-13,15,19H,6-11,14H2,1-5H3. The zero-order chi connectivity index (χ0) is 15.7. The van der Waals surface area contributed by atoms with E-state index in [1.807, 2.05) is 0 Å². The third-order valence-electron chi connectivity index (χ3n) is 3.60. The Labute approximate surface area is 131 Å². The number of rotatable bonds is 10. The molecule has 0 saturated heterocycles. The minimum Gasteiger partial charge on any atom is -0.357 e. The van der Waals surface area contributed by atoms with Crippen molar-refractivity contribution in [2.24, 2.45) is 0 Å². The SMILES string of the molecule is CCCCN(CCCC)c1cc(CNC(C)C)cc(C)n1. The lowest BCUT2D eigenvalue weighted by Crippen LogP contribution is -2.27. The molecule has 1 N–H and O–H groups in total. The van der Waals surface area contributed by atoms with E-state index in [4.69, 9.17) is 4.98 Å². The zero-order valence-corrected chi connectivity index (χ0v) is 14.6. The number of pyridine rings is 1. The fraction of sp³-hybridized carbons (Fsp3) is 0.722. The number of nitrogens with one attached hydrogen (secondary N) is 1.